The van der Waals surface area contributed by atoms with Crippen molar-refractivity contribution in [1.29, 1.82) is 0 Å². The summed E-state index contributed by atoms with van der Waals surface area (Å²) in [4.78, 5) is 27.6. The van der Waals surface area contributed by atoms with E-state index in [-0.39, 0.29) is 36.5 Å². The Bertz CT molecular complexity index is 1100. The number of hydrogen-bond acceptors (Lipinski definition) is 6. The molecule has 0 radical (unpaired) electrons. The van der Waals surface area contributed by atoms with Crippen molar-refractivity contribution < 1.29 is 24.2 Å². The second-order valence-electron chi connectivity index (χ2n) is 8.95. The van der Waals surface area contributed by atoms with Crippen molar-refractivity contribution in [1.82, 2.24) is 14.7 Å². The Morgan fingerprint density at radius 2 is 2.06 bits per heavy atom. The maximum Gasteiger partial charge on any atom is 0.251 e. The van der Waals surface area contributed by atoms with Crippen LogP contribution in [0.25, 0.3) is 0 Å². The molecule has 190 valence electrons. The molecule has 1 aliphatic rings. The number of carbonyl (C=O) groups excluding carboxylic acids is 2. The molecule has 0 saturated carbocycles. The molecule has 9 nitrogen and oxygen atoms in total. The van der Waals surface area contributed by atoms with E-state index in [0.717, 1.165) is 0 Å². The third-order valence-corrected chi connectivity index (χ3v) is 5.98. The van der Waals surface area contributed by atoms with Crippen molar-refractivity contribution in [2.45, 2.75) is 58.4 Å². The number of nitrogens with zero attached hydrogens (tertiary/aromatic N) is 3. The molecule has 0 bridgehead atoms. The fraction of sp³-hybridized carbons (Fsp3) is 0.458. The van der Waals surface area contributed by atoms with Crippen LogP contribution in [0.2, 0.25) is 10.0 Å². The molecule has 11 heteroatoms. The van der Waals surface area contributed by atoms with Gasteiger partial charge in [0, 0.05) is 31.4 Å². The minimum atomic E-state index is -0.960. The normalized spacial score (nSPS) is 15.7. The number of carbonyl (C=O) groups is 2. The molecule has 3 rings (SSSR count). The van der Waals surface area contributed by atoms with E-state index in [0.29, 0.717) is 29.0 Å². The summed E-state index contributed by atoms with van der Waals surface area (Å²) >= 11 is 12.3. The molecule has 2 aromatic rings. The van der Waals surface area contributed by atoms with Crippen molar-refractivity contribution in [3.05, 3.63) is 52.3 Å². The summed E-state index contributed by atoms with van der Waals surface area (Å²) in [6.07, 6.45) is 2.99. The third kappa shape index (κ3) is 7.44. The first-order chi connectivity index (χ1) is 16.5. The number of rotatable bonds is 11. The van der Waals surface area contributed by atoms with Gasteiger partial charge in [0.05, 0.1) is 29.8 Å². The first kappa shape index (κ1) is 27.0. The van der Waals surface area contributed by atoms with Crippen LogP contribution in [0.3, 0.4) is 0 Å². The molecular weight excluding hydrogens is 495 g/mol. The average molecular weight is 525 g/mol. The van der Waals surface area contributed by atoms with Crippen molar-refractivity contribution in [3.8, 4) is 5.75 Å². The first-order valence-corrected chi connectivity index (χ1v) is 12.0. The second kappa shape index (κ2) is 11.4. The standard InChI is InChI=1S/C24H30Cl2N4O5/c1-5-34-15(2)11-18(23(32)27-20-9-10-29(28-20)14-24(3,4)33)30-13-16(12-21(30)31)35-19-8-6-7-17(25)22(19)26/h6-10,12,15,18,33H,5,11,13-14H2,1-4H3,(H,27,28,32)/t15?,18-/m0/s1. The van der Waals surface area contributed by atoms with Gasteiger partial charge in [-0.3, -0.25) is 14.3 Å². The molecule has 2 N–H and O–H groups in total. The summed E-state index contributed by atoms with van der Waals surface area (Å²) < 4.78 is 13.0. The van der Waals surface area contributed by atoms with Gasteiger partial charge in [0.2, 0.25) is 5.91 Å². The molecule has 35 heavy (non-hydrogen) atoms. The van der Waals surface area contributed by atoms with Gasteiger partial charge in [0.15, 0.2) is 5.82 Å². The van der Waals surface area contributed by atoms with Crippen LogP contribution < -0.4 is 10.1 Å². The quantitative estimate of drug-likeness (QED) is 0.461. The van der Waals surface area contributed by atoms with Gasteiger partial charge in [-0.05, 0) is 39.8 Å². The Balaban J connectivity index is 1.74. The monoisotopic (exact) mass is 524 g/mol. The highest BCUT2D eigenvalue weighted by Gasteiger charge is 2.36. The number of benzene rings is 1. The molecular formula is C24H30Cl2N4O5. The lowest BCUT2D eigenvalue weighted by Gasteiger charge is -2.29. The maximum absolute atomic E-state index is 13.3. The molecule has 1 unspecified atom stereocenters. The smallest absolute Gasteiger partial charge is 0.251 e. The van der Waals surface area contributed by atoms with Crippen LogP contribution in [0.4, 0.5) is 5.82 Å². The molecule has 1 aliphatic heterocycles. The van der Waals surface area contributed by atoms with Crippen LogP contribution in [0.15, 0.2) is 42.3 Å². The van der Waals surface area contributed by atoms with Crippen molar-refractivity contribution in [3.63, 3.8) is 0 Å². The van der Waals surface area contributed by atoms with Gasteiger partial charge in [0.1, 0.15) is 22.6 Å². The van der Waals surface area contributed by atoms with Gasteiger partial charge in [-0.25, -0.2) is 0 Å². The molecule has 1 aromatic heterocycles. The highest BCUT2D eigenvalue weighted by Crippen LogP contribution is 2.33. The summed E-state index contributed by atoms with van der Waals surface area (Å²) in [5.74, 6) is 0.204. The molecule has 0 aliphatic carbocycles. The van der Waals surface area contributed by atoms with Gasteiger partial charge in [-0.2, -0.15) is 5.10 Å². The zero-order valence-corrected chi connectivity index (χ0v) is 21.6. The lowest BCUT2D eigenvalue weighted by atomic mass is 10.1. The predicted molar refractivity (Wildman–Crippen MR) is 134 cm³/mol. The lowest BCUT2D eigenvalue weighted by Crippen LogP contribution is -2.47. The molecule has 0 saturated heterocycles. The number of anilines is 1. The Morgan fingerprint density at radius 1 is 1.31 bits per heavy atom. The number of aliphatic hydroxyl groups is 1. The van der Waals surface area contributed by atoms with Crippen molar-refractivity contribution >= 4 is 40.8 Å². The van der Waals surface area contributed by atoms with Gasteiger partial charge in [-0.15, -0.1) is 0 Å². The fourth-order valence-electron chi connectivity index (χ4n) is 3.71. The number of amides is 2. The van der Waals surface area contributed by atoms with Crippen LogP contribution in [0.1, 0.15) is 34.1 Å². The number of hydrogen-bond donors (Lipinski definition) is 2. The molecule has 1 aromatic carbocycles. The van der Waals surface area contributed by atoms with Gasteiger partial charge in [0.25, 0.3) is 5.91 Å². The van der Waals surface area contributed by atoms with E-state index in [1.54, 1.807) is 44.3 Å². The summed E-state index contributed by atoms with van der Waals surface area (Å²) in [6.45, 7) is 7.86. The topological polar surface area (TPSA) is 106 Å². The minimum absolute atomic E-state index is 0.0751. The maximum atomic E-state index is 13.3. The Morgan fingerprint density at radius 3 is 2.74 bits per heavy atom. The van der Waals surface area contributed by atoms with E-state index >= 15 is 0 Å². The predicted octanol–water partition coefficient (Wildman–Crippen LogP) is 3.89. The van der Waals surface area contributed by atoms with Crippen LogP contribution in [-0.4, -0.2) is 62.5 Å². The Kier molecular flexibility index (Phi) is 8.82. The highest BCUT2D eigenvalue weighted by molar-refractivity contribution is 6.42. The molecule has 2 atom stereocenters. The average Bonchev–Trinajstić information content (AvgIpc) is 3.34. The van der Waals surface area contributed by atoms with E-state index in [2.05, 4.69) is 10.4 Å². The van der Waals surface area contributed by atoms with Crippen LogP contribution in [0, 0.1) is 0 Å². The fourth-order valence-corrected chi connectivity index (χ4v) is 4.04. The number of ether oxygens (including phenoxy) is 2. The van der Waals surface area contributed by atoms with Gasteiger partial charge >= 0.3 is 0 Å². The Hall–Kier alpha value is -2.59. The van der Waals surface area contributed by atoms with Gasteiger partial charge < -0.3 is 24.8 Å². The minimum Gasteiger partial charge on any atom is -0.458 e. The number of nitrogens with one attached hydrogen (secondary N) is 1. The van der Waals surface area contributed by atoms with Crippen LogP contribution in [-0.2, 0) is 20.9 Å². The zero-order chi connectivity index (χ0) is 25.8. The summed E-state index contributed by atoms with van der Waals surface area (Å²) in [7, 11) is 0. The molecule has 2 amide bonds. The van der Waals surface area contributed by atoms with Crippen molar-refractivity contribution in [2.24, 2.45) is 0 Å². The van der Waals surface area contributed by atoms with Crippen LogP contribution >= 0.6 is 23.2 Å². The van der Waals surface area contributed by atoms with E-state index in [1.807, 2.05) is 13.8 Å². The summed E-state index contributed by atoms with van der Waals surface area (Å²) in [5, 5.41) is 17.6. The van der Waals surface area contributed by atoms with Gasteiger partial charge in [-0.1, -0.05) is 29.3 Å². The molecule has 0 spiro atoms. The van der Waals surface area contributed by atoms with Crippen molar-refractivity contribution in [2.75, 3.05) is 18.5 Å². The number of aromatic nitrogens is 2. The van der Waals surface area contributed by atoms with E-state index < -0.39 is 17.6 Å². The summed E-state index contributed by atoms with van der Waals surface area (Å²) in [5.41, 5.74) is -0.960. The summed E-state index contributed by atoms with van der Waals surface area (Å²) in [6, 6.07) is 5.77. The van der Waals surface area contributed by atoms with E-state index in [9.17, 15) is 14.7 Å². The van der Waals surface area contributed by atoms with E-state index in [4.69, 9.17) is 32.7 Å². The molecule has 2 heterocycles. The second-order valence-corrected chi connectivity index (χ2v) is 9.73. The SMILES string of the molecule is CCOC(C)C[C@@H](C(=O)Nc1ccn(CC(C)(C)O)n1)N1CC(Oc2cccc(Cl)c2Cl)=CC1=O. The number of halogens is 2. The van der Waals surface area contributed by atoms with Crippen LogP contribution in [0.5, 0.6) is 5.75 Å². The van der Waals surface area contributed by atoms with E-state index in [1.165, 1.54) is 15.7 Å². The largest absolute Gasteiger partial charge is 0.458 e. The third-order valence-electron chi connectivity index (χ3n) is 5.18. The zero-order valence-electron chi connectivity index (χ0n) is 20.1. The Labute approximate surface area is 214 Å². The highest BCUT2D eigenvalue weighted by atomic mass is 35.5. The molecule has 0 fully saturated rings. The first-order valence-electron chi connectivity index (χ1n) is 11.3. The lowest BCUT2D eigenvalue weighted by molar-refractivity contribution is -0.134.